The van der Waals surface area contributed by atoms with E-state index in [2.05, 4.69) is 19.9 Å². The van der Waals surface area contributed by atoms with E-state index in [4.69, 9.17) is 0 Å². The van der Waals surface area contributed by atoms with Crippen molar-refractivity contribution >= 4 is 32.0 Å². The molecule has 0 saturated carbocycles. The Kier molecular flexibility index (Phi) is 3.19. The number of hydrogen-bond acceptors (Lipinski definition) is 5. The van der Waals surface area contributed by atoms with Crippen molar-refractivity contribution in [3.63, 3.8) is 0 Å². The lowest BCUT2D eigenvalue weighted by atomic mass is 10.1. The third-order valence-corrected chi connectivity index (χ3v) is 6.65. The van der Waals surface area contributed by atoms with Crippen LogP contribution in [0.2, 0.25) is 0 Å². The fourth-order valence-electron chi connectivity index (χ4n) is 3.50. The van der Waals surface area contributed by atoms with Gasteiger partial charge in [0.2, 0.25) is 10.0 Å². The molecule has 0 aliphatic carbocycles. The molecule has 0 spiro atoms. The quantitative estimate of drug-likeness (QED) is 0.584. The molecule has 0 amide bonds. The van der Waals surface area contributed by atoms with Crippen LogP contribution in [-0.4, -0.2) is 34.6 Å². The molecule has 5 rings (SSSR count). The molecule has 0 unspecified atom stereocenters. The zero-order chi connectivity index (χ0) is 17.9. The summed E-state index contributed by atoms with van der Waals surface area (Å²) in [4.78, 5) is 3.32. The predicted octanol–water partition coefficient (Wildman–Crippen LogP) is 2.59. The van der Waals surface area contributed by atoms with Crippen molar-refractivity contribution in [1.82, 2.24) is 19.6 Å². The zero-order valence-corrected chi connectivity index (χ0v) is 14.3. The SMILES string of the molecule is O=S(=O)(c1cccc2nonc12)N1CCc2[nH]c3ccc(F)cc3c2C1. The van der Waals surface area contributed by atoms with Gasteiger partial charge in [-0.2, -0.15) is 4.31 Å². The van der Waals surface area contributed by atoms with Crippen LogP contribution in [0.1, 0.15) is 11.3 Å². The molecule has 0 radical (unpaired) electrons. The molecule has 7 nitrogen and oxygen atoms in total. The number of aromatic nitrogens is 3. The van der Waals surface area contributed by atoms with Crippen LogP contribution in [0.25, 0.3) is 21.9 Å². The largest absolute Gasteiger partial charge is 0.358 e. The summed E-state index contributed by atoms with van der Waals surface area (Å²) >= 11 is 0. The van der Waals surface area contributed by atoms with Crippen LogP contribution in [0.5, 0.6) is 0 Å². The van der Waals surface area contributed by atoms with E-state index >= 15 is 0 Å². The predicted molar refractivity (Wildman–Crippen MR) is 91.4 cm³/mol. The maximum absolute atomic E-state index is 13.6. The summed E-state index contributed by atoms with van der Waals surface area (Å²) in [5, 5.41) is 8.14. The summed E-state index contributed by atoms with van der Waals surface area (Å²) in [5.41, 5.74) is 3.15. The van der Waals surface area contributed by atoms with Crippen LogP contribution < -0.4 is 0 Å². The first kappa shape index (κ1) is 15.5. The zero-order valence-electron chi connectivity index (χ0n) is 13.4. The minimum atomic E-state index is -3.79. The van der Waals surface area contributed by atoms with E-state index in [-0.39, 0.29) is 22.8 Å². The fourth-order valence-corrected chi connectivity index (χ4v) is 5.04. The molecule has 0 bridgehead atoms. The summed E-state index contributed by atoms with van der Waals surface area (Å²) in [7, 11) is -3.79. The monoisotopic (exact) mass is 372 g/mol. The highest BCUT2D eigenvalue weighted by Crippen LogP contribution is 2.32. The van der Waals surface area contributed by atoms with Crippen LogP contribution >= 0.6 is 0 Å². The Morgan fingerprint density at radius 2 is 2.08 bits per heavy atom. The van der Waals surface area contributed by atoms with Crippen LogP contribution in [0.4, 0.5) is 4.39 Å². The van der Waals surface area contributed by atoms with Crippen LogP contribution in [0.15, 0.2) is 45.9 Å². The molecule has 2 aromatic carbocycles. The maximum Gasteiger partial charge on any atom is 0.245 e. The Labute approximate surface area is 147 Å². The Hall–Kier alpha value is -2.78. The summed E-state index contributed by atoms with van der Waals surface area (Å²) < 4.78 is 46.0. The van der Waals surface area contributed by atoms with Gasteiger partial charge in [0, 0.05) is 36.1 Å². The van der Waals surface area contributed by atoms with E-state index in [0.717, 1.165) is 16.8 Å². The standard InChI is InChI=1S/C17H13FN4O3S/c18-10-4-5-13-11(8-10)12-9-22(7-6-14(12)19-13)26(23,24)16-3-1-2-15-17(16)21-25-20-15/h1-5,8,19H,6-7,9H2. The van der Waals surface area contributed by atoms with Crippen molar-refractivity contribution in [2.24, 2.45) is 0 Å². The minimum Gasteiger partial charge on any atom is -0.358 e. The van der Waals surface area contributed by atoms with Gasteiger partial charge in [-0.15, -0.1) is 0 Å². The molecule has 0 atom stereocenters. The third-order valence-electron chi connectivity index (χ3n) is 4.77. The molecular weight excluding hydrogens is 359 g/mol. The second-order valence-electron chi connectivity index (χ2n) is 6.25. The van der Waals surface area contributed by atoms with E-state index in [0.29, 0.717) is 23.9 Å². The lowest BCUT2D eigenvalue weighted by Crippen LogP contribution is -2.35. The van der Waals surface area contributed by atoms with Gasteiger partial charge in [-0.1, -0.05) is 6.07 Å². The van der Waals surface area contributed by atoms with Gasteiger partial charge in [-0.3, -0.25) is 0 Å². The summed E-state index contributed by atoms with van der Waals surface area (Å²) in [6.45, 7) is 0.495. The first-order valence-electron chi connectivity index (χ1n) is 8.04. The molecular formula is C17H13FN4O3S. The Morgan fingerprint density at radius 1 is 1.19 bits per heavy atom. The molecule has 1 aliphatic heterocycles. The number of H-pyrrole nitrogens is 1. The van der Waals surface area contributed by atoms with Crippen molar-refractivity contribution in [2.45, 2.75) is 17.9 Å². The number of rotatable bonds is 2. The number of halogens is 1. The lowest BCUT2D eigenvalue weighted by Gasteiger charge is -2.26. The number of nitrogens with one attached hydrogen (secondary N) is 1. The number of nitrogens with zero attached hydrogens (tertiary/aromatic N) is 3. The smallest absolute Gasteiger partial charge is 0.245 e. The first-order valence-corrected chi connectivity index (χ1v) is 9.48. The van der Waals surface area contributed by atoms with E-state index in [1.54, 1.807) is 18.2 Å². The lowest BCUT2D eigenvalue weighted by molar-refractivity contribution is 0.315. The van der Waals surface area contributed by atoms with Crippen molar-refractivity contribution in [3.8, 4) is 0 Å². The molecule has 1 N–H and O–H groups in total. The number of hydrogen-bond donors (Lipinski definition) is 1. The van der Waals surface area contributed by atoms with Crippen molar-refractivity contribution in [2.75, 3.05) is 6.54 Å². The van der Waals surface area contributed by atoms with Crippen molar-refractivity contribution < 1.29 is 17.4 Å². The Morgan fingerprint density at radius 3 is 2.96 bits per heavy atom. The Bertz CT molecular complexity index is 1260. The van der Waals surface area contributed by atoms with Gasteiger partial charge in [0.05, 0.1) is 0 Å². The maximum atomic E-state index is 13.6. The van der Waals surface area contributed by atoms with Gasteiger partial charge >= 0.3 is 0 Å². The van der Waals surface area contributed by atoms with Crippen molar-refractivity contribution in [3.05, 3.63) is 53.5 Å². The highest BCUT2D eigenvalue weighted by atomic mass is 32.2. The molecule has 3 heterocycles. The Balaban J connectivity index is 1.61. The normalized spacial score (nSPS) is 15.6. The van der Waals surface area contributed by atoms with E-state index < -0.39 is 10.0 Å². The van der Waals surface area contributed by atoms with Crippen molar-refractivity contribution in [1.29, 1.82) is 0 Å². The second kappa shape index (κ2) is 5.36. The highest BCUT2D eigenvalue weighted by molar-refractivity contribution is 7.89. The molecule has 9 heteroatoms. The number of benzene rings is 2. The van der Waals surface area contributed by atoms with Gasteiger partial charge in [0.25, 0.3) is 0 Å². The van der Waals surface area contributed by atoms with Gasteiger partial charge in [0.15, 0.2) is 5.52 Å². The number of fused-ring (bicyclic) bond motifs is 4. The summed E-state index contributed by atoms with van der Waals surface area (Å²) in [6, 6.07) is 9.23. The van der Waals surface area contributed by atoms with Gasteiger partial charge < -0.3 is 4.98 Å². The minimum absolute atomic E-state index is 0.0609. The summed E-state index contributed by atoms with van der Waals surface area (Å²) in [5.74, 6) is -0.349. The summed E-state index contributed by atoms with van der Waals surface area (Å²) in [6.07, 6.45) is 0.526. The molecule has 0 saturated heterocycles. The van der Waals surface area contributed by atoms with E-state index in [1.165, 1.54) is 22.5 Å². The average Bonchev–Trinajstić information content (AvgIpc) is 3.24. The molecule has 0 fully saturated rings. The second-order valence-corrected chi connectivity index (χ2v) is 8.16. The highest BCUT2D eigenvalue weighted by Gasteiger charge is 2.32. The first-order chi connectivity index (χ1) is 12.5. The van der Waals surface area contributed by atoms with Crippen LogP contribution in [0.3, 0.4) is 0 Å². The number of sulfonamides is 1. The van der Waals surface area contributed by atoms with Gasteiger partial charge in [-0.25, -0.2) is 17.4 Å². The topological polar surface area (TPSA) is 92.1 Å². The molecule has 1 aliphatic rings. The molecule has 2 aromatic heterocycles. The molecule has 4 aromatic rings. The average molecular weight is 372 g/mol. The molecule has 132 valence electrons. The van der Waals surface area contributed by atoms with Gasteiger partial charge in [0.1, 0.15) is 16.2 Å². The van der Waals surface area contributed by atoms with Crippen LogP contribution in [-0.2, 0) is 23.0 Å². The van der Waals surface area contributed by atoms with Gasteiger partial charge in [-0.05, 0) is 46.2 Å². The van der Waals surface area contributed by atoms with Crippen LogP contribution in [0, 0.1) is 5.82 Å². The third kappa shape index (κ3) is 2.17. The fraction of sp³-hybridized carbons (Fsp3) is 0.176. The van der Waals surface area contributed by atoms with E-state index in [9.17, 15) is 12.8 Å². The molecule has 26 heavy (non-hydrogen) atoms. The van der Waals surface area contributed by atoms with E-state index in [1.807, 2.05) is 0 Å². The number of aromatic amines is 1.